The third-order valence-corrected chi connectivity index (χ3v) is 2.50. The maximum absolute atomic E-state index is 10.9. The predicted octanol–water partition coefficient (Wildman–Crippen LogP) is 2.67. The van der Waals surface area contributed by atoms with E-state index in [1.165, 1.54) is 11.8 Å². The fourth-order valence-corrected chi connectivity index (χ4v) is 1.52. The van der Waals surface area contributed by atoms with E-state index in [1.54, 1.807) is 18.2 Å². The molecule has 1 aromatic carbocycles. The summed E-state index contributed by atoms with van der Waals surface area (Å²) in [7, 11) is 0. The van der Waals surface area contributed by atoms with E-state index in [1.807, 2.05) is 12.3 Å². The van der Waals surface area contributed by atoms with E-state index in [0.717, 1.165) is 4.90 Å². The number of aromatic carboxylic acids is 1. The number of carbonyl (C=O) groups is 1. The SMILES string of the molecule is C=CCOc1ccc(SC)cc1C(=O)O. The Balaban J connectivity index is 3.03. The van der Waals surface area contributed by atoms with Crippen LogP contribution in [0.5, 0.6) is 5.75 Å². The second-order valence-electron chi connectivity index (χ2n) is 2.77. The Morgan fingerprint density at radius 2 is 2.40 bits per heavy atom. The molecule has 0 bridgehead atoms. The van der Waals surface area contributed by atoms with E-state index >= 15 is 0 Å². The second kappa shape index (κ2) is 5.46. The monoisotopic (exact) mass is 224 g/mol. The molecule has 0 aliphatic carbocycles. The molecule has 0 aliphatic rings. The number of carboxylic acids is 1. The third-order valence-electron chi connectivity index (χ3n) is 1.77. The van der Waals surface area contributed by atoms with Crippen molar-refractivity contribution in [1.82, 2.24) is 0 Å². The Bertz CT molecular complexity index is 374. The van der Waals surface area contributed by atoms with Crippen molar-refractivity contribution >= 4 is 17.7 Å². The maximum Gasteiger partial charge on any atom is 0.339 e. The van der Waals surface area contributed by atoms with Gasteiger partial charge in [0.2, 0.25) is 0 Å². The van der Waals surface area contributed by atoms with Crippen molar-refractivity contribution in [2.45, 2.75) is 4.90 Å². The van der Waals surface area contributed by atoms with Crippen LogP contribution >= 0.6 is 11.8 Å². The molecule has 1 aromatic rings. The van der Waals surface area contributed by atoms with Gasteiger partial charge in [-0.3, -0.25) is 0 Å². The van der Waals surface area contributed by atoms with Crippen molar-refractivity contribution < 1.29 is 14.6 Å². The van der Waals surface area contributed by atoms with Crippen molar-refractivity contribution in [2.75, 3.05) is 12.9 Å². The van der Waals surface area contributed by atoms with Crippen molar-refractivity contribution in [3.05, 3.63) is 36.4 Å². The zero-order valence-corrected chi connectivity index (χ0v) is 9.21. The van der Waals surface area contributed by atoms with E-state index < -0.39 is 5.97 Å². The Kier molecular flexibility index (Phi) is 4.24. The third kappa shape index (κ3) is 3.02. The molecule has 1 rings (SSSR count). The lowest BCUT2D eigenvalue weighted by molar-refractivity contribution is 0.0692. The van der Waals surface area contributed by atoms with Gasteiger partial charge in [-0.2, -0.15) is 0 Å². The van der Waals surface area contributed by atoms with Crippen LogP contribution in [0.3, 0.4) is 0 Å². The van der Waals surface area contributed by atoms with Crippen LogP contribution in [0.25, 0.3) is 0 Å². The second-order valence-corrected chi connectivity index (χ2v) is 3.65. The van der Waals surface area contributed by atoms with Crippen LogP contribution < -0.4 is 4.74 Å². The summed E-state index contributed by atoms with van der Waals surface area (Å²) in [5.41, 5.74) is 0.184. The molecule has 0 aromatic heterocycles. The van der Waals surface area contributed by atoms with Crippen LogP contribution in [0.4, 0.5) is 0 Å². The zero-order chi connectivity index (χ0) is 11.3. The molecule has 3 nitrogen and oxygen atoms in total. The average molecular weight is 224 g/mol. The van der Waals surface area contributed by atoms with Gasteiger partial charge in [-0.05, 0) is 24.5 Å². The van der Waals surface area contributed by atoms with E-state index in [9.17, 15) is 4.79 Å². The molecule has 0 saturated heterocycles. The van der Waals surface area contributed by atoms with Crippen molar-refractivity contribution in [3.8, 4) is 5.75 Å². The maximum atomic E-state index is 10.9. The highest BCUT2D eigenvalue weighted by molar-refractivity contribution is 7.98. The number of hydrogen-bond acceptors (Lipinski definition) is 3. The standard InChI is InChI=1S/C11H12O3S/c1-3-6-14-10-5-4-8(15-2)7-9(10)11(12)13/h3-5,7H,1,6H2,2H3,(H,12,13). The highest BCUT2D eigenvalue weighted by atomic mass is 32.2. The molecular weight excluding hydrogens is 212 g/mol. The number of hydrogen-bond donors (Lipinski definition) is 1. The summed E-state index contributed by atoms with van der Waals surface area (Å²) in [4.78, 5) is 11.8. The van der Waals surface area contributed by atoms with Crippen LogP contribution in [0.1, 0.15) is 10.4 Å². The summed E-state index contributed by atoms with van der Waals surface area (Å²) in [5, 5.41) is 8.97. The minimum atomic E-state index is -0.982. The van der Waals surface area contributed by atoms with Gasteiger partial charge < -0.3 is 9.84 Å². The highest BCUT2D eigenvalue weighted by Crippen LogP contribution is 2.24. The molecular formula is C11H12O3S. The molecule has 15 heavy (non-hydrogen) atoms. The van der Waals surface area contributed by atoms with Crippen LogP contribution in [-0.2, 0) is 0 Å². The lowest BCUT2D eigenvalue weighted by Crippen LogP contribution is -2.03. The summed E-state index contributed by atoms with van der Waals surface area (Å²) in [6.07, 6.45) is 3.47. The molecule has 4 heteroatoms. The summed E-state index contributed by atoms with van der Waals surface area (Å²) >= 11 is 1.49. The fraction of sp³-hybridized carbons (Fsp3) is 0.182. The van der Waals surface area contributed by atoms with Gasteiger partial charge in [-0.15, -0.1) is 11.8 Å². The van der Waals surface area contributed by atoms with Crippen molar-refractivity contribution in [2.24, 2.45) is 0 Å². The Morgan fingerprint density at radius 3 is 2.93 bits per heavy atom. The highest BCUT2D eigenvalue weighted by Gasteiger charge is 2.11. The van der Waals surface area contributed by atoms with Crippen LogP contribution in [0.2, 0.25) is 0 Å². The molecule has 0 saturated carbocycles. The lowest BCUT2D eigenvalue weighted by Gasteiger charge is -2.08. The normalized spacial score (nSPS) is 9.67. The molecule has 0 aliphatic heterocycles. The quantitative estimate of drug-likeness (QED) is 0.617. The topological polar surface area (TPSA) is 46.5 Å². The molecule has 80 valence electrons. The molecule has 0 spiro atoms. The summed E-state index contributed by atoms with van der Waals surface area (Å²) in [6.45, 7) is 3.81. The van der Waals surface area contributed by atoms with E-state index in [4.69, 9.17) is 9.84 Å². The first-order valence-electron chi connectivity index (χ1n) is 4.34. The van der Waals surface area contributed by atoms with Crippen molar-refractivity contribution in [1.29, 1.82) is 0 Å². The van der Waals surface area contributed by atoms with Crippen LogP contribution in [0.15, 0.2) is 35.7 Å². The van der Waals surface area contributed by atoms with Gasteiger partial charge >= 0.3 is 5.97 Å². The molecule has 0 fully saturated rings. The average Bonchev–Trinajstić information content (AvgIpc) is 2.26. The molecule has 0 radical (unpaired) electrons. The first kappa shape index (κ1) is 11.7. The van der Waals surface area contributed by atoms with Crippen LogP contribution in [-0.4, -0.2) is 23.9 Å². The number of carboxylic acid groups (broad SMARTS) is 1. The van der Waals surface area contributed by atoms with Crippen molar-refractivity contribution in [3.63, 3.8) is 0 Å². The van der Waals surface area contributed by atoms with E-state index in [2.05, 4.69) is 6.58 Å². The van der Waals surface area contributed by atoms with E-state index in [0.29, 0.717) is 12.4 Å². The number of benzene rings is 1. The molecule has 0 unspecified atom stereocenters. The van der Waals surface area contributed by atoms with Crippen LogP contribution in [0, 0.1) is 0 Å². The van der Waals surface area contributed by atoms with Gasteiger partial charge in [0.05, 0.1) is 0 Å². The largest absolute Gasteiger partial charge is 0.489 e. The minimum absolute atomic E-state index is 0.184. The molecule has 0 heterocycles. The Hall–Kier alpha value is -1.42. The summed E-state index contributed by atoms with van der Waals surface area (Å²) in [6, 6.07) is 5.10. The lowest BCUT2D eigenvalue weighted by atomic mass is 10.2. The first-order valence-corrected chi connectivity index (χ1v) is 5.56. The summed E-state index contributed by atoms with van der Waals surface area (Å²) < 4.78 is 5.24. The molecule has 0 amide bonds. The summed E-state index contributed by atoms with van der Waals surface area (Å²) in [5.74, 6) is -0.606. The van der Waals surface area contributed by atoms with Gasteiger partial charge in [0.25, 0.3) is 0 Å². The predicted molar refractivity (Wildman–Crippen MR) is 60.9 cm³/mol. The zero-order valence-electron chi connectivity index (χ0n) is 8.40. The number of ether oxygens (including phenoxy) is 1. The van der Waals surface area contributed by atoms with Gasteiger partial charge in [0.15, 0.2) is 0 Å². The Morgan fingerprint density at radius 1 is 1.67 bits per heavy atom. The van der Waals surface area contributed by atoms with Gasteiger partial charge in [0, 0.05) is 4.90 Å². The number of thioether (sulfide) groups is 1. The number of rotatable bonds is 5. The van der Waals surface area contributed by atoms with Gasteiger partial charge in [-0.25, -0.2) is 4.79 Å². The Labute approximate surface area is 92.8 Å². The smallest absolute Gasteiger partial charge is 0.339 e. The first-order chi connectivity index (χ1) is 7.19. The molecule has 1 N–H and O–H groups in total. The van der Waals surface area contributed by atoms with Gasteiger partial charge in [-0.1, -0.05) is 12.7 Å². The minimum Gasteiger partial charge on any atom is -0.489 e. The van der Waals surface area contributed by atoms with Gasteiger partial charge in [0.1, 0.15) is 17.9 Å². The fourth-order valence-electron chi connectivity index (χ4n) is 1.08. The van der Waals surface area contributed by atoms with E-state index in [-0.39, 0.29) is 5.56 Å². The molecule has 0 atom stereocenters.